The summed E-state index contributed by atoms with van der Waals surface area (Å²) < 4.78 is 5.41. The van der Waals surface area contributed by atoms with Crippen molar-refractivity contribution in [3.63, 3.8) is 0 Å². The number of urea groups is 1. The van der Waals surface area contributed by atoms with Crippen molar-refractivity contribution in [2.24, 2.45) is 5.92 Å². The van der Waals surface area contributed by atoms with Crippen molar-refractivity contribution in [2.45, 2.75) is 51.6 Å². The number of aliphatic carboxylic acids is 1. The van der Waals surface area contributed by atoms with Gasteiger partial charge in [-0.05, 0) is 37.7 Å². The molecule has 2 amide bonds. The van der Waals surface area contributed by atoms with Crippen molar-refractivity contribution in [1.82, 2.24) is 15.6 Å². The predicted molar refractivity (Wildman–Crippen MR) is 88.8 cm³/mol. The molecule has 3 N–H and O–H groups in total. The first-order chi connectivity index (χ1) is 11.6. The highest BCUT2D eigenvalue weighted by Crippen LogP contribution is 2.24. The van der Waals surface area contributed by atoms with E-state index in [0.29, 0.717) is 44.7 Å². The van der Waals surface area contributed by atoms with Gasteiger partial charge in [-0.1, -0.05) is 13.0 Å². The second kappa shape index (κ2) is 9.10. The van der Waals surface area contributed by atoms with E-state index in [1.54, 1.807) is 12.3 Å². The maximum atomic E-state index is 11.9. The Bertz CT molecular complexity index is 539. The number of rotatable bonds is 7. The molecule has 7 nitrogen and oxygen atoms in total. The number of nitrogens with one attached hydrogen (secondary N) is 2. The van der Waals surface area contributed by atoms with Crippen molar-refractivity contribution in [3.05, 3.63) is 23.9 Å². The monoisotopic (exact) mass is 335 g/mol. The second-order valence-electron chi connectivity index (χ2n) is 6.07. The van der Waals surface area contributed by atoms with Gasteiger partial charge in [-0.2, -0.15) is 0 Å². The van der Waals surface area contributed by atoms with Gasteiger partial charge in [0.15, 0.2) is 0 Å². The summed E-state index contributed by atoms with van der Waals surface area (Å²) in [5.41, 5.74) is 0.892. The topological polar surface area (TPSA) is 101 Å². The van der Waals surface area contributed by atoms with Crippen molar-refractivity contribution >= 4 is 12.0 Å². The molecule has 0 radical (unpaired) electrons. The number of ether oxygens (including phenoxy) is 1. The Kier molecular flexibility index (Phi) is 6.84. The van der Waals surface area contributed by atoms with E-state index in [9.17, 15) is 9.59 Å². The molecule has 0 atom stereocenters. The van der Waals surface area contributed by atoms with Gasteiger partial charge in [0.25, 0.3) is 0 Å². The molecule has 0 bridgehead atoms. The molecule has 1 saturated carbocycles. The molecule has 1 heterocycles. The predicted octanol–water partition coefficient (Wildman–Crippen LogP) is 2.31. The molecule has 0 aliphatic heterocycles. The maximum absolute atomic E-state index is 11.9. The summed E-state index contributed by atoms with van der Waals surface area (Å²) in [5.74, 6) is -0.428. The summed E-state index contributed by atoms with van der Waals surface area (Å²) in [6.07, 6.45) is 5.25. The molecular formula is C17H25N3O4. The standard InChI is InChI=1S/C17H25N3O4/c1-2-9-24-15-8-3-12(10-18-15)11-19-17(23)20-14-6-4-13(5-7-14)16(21)22/h3,8,10,13-14H,2,4-7,9,11H2,1H3,(H,21,22)(H2,19,20,23). The molecule has 1 aliphatic carbocycles. The number of pyridine rings is 1. The molecule has 24 heavy (non-hydrogen) atoms. The number of amides is 2. The van der Waals surface area contributed by atoms with E-state index >= 15 is 0 Å². The van der Waals surface area contributed by atoms with Crippen LogP contribution in [0.4, 0.5) is 4.79 Å². The summed E-state index contributed by atoms with van der Waals surface area (Å²) >= 11 is 0. The Morgan fingerprint density at radius 2 is 2.04 bits per heavy atom. The van der Waals surface area contributed by atoms with Crippen molar-refractivity contribution in [2.75, 3.05) is 6.61 Å². The lowest BCUT2D eigenvalue weighted by Crippen LogP contribution is -2.43. The maximum Gasteiger partial charge on any atom is 0.315 e. The summed E-state index contributed by atoms with van der Waals surface area (Å²) in [4.78, 5) is 27.0. The van der Waals surface area contributed by atoms with Crippen LogP contribution < -0.4 is 15.4 Å². The Labute approximate surface area is 141 Å². The van der Waals surface area contributed by atoms with Crippen LogP contribution in [0.5, 0.6) is 5.88 Å². The first kappa shape index (κ1) is 18.0. The summed E-state index contributed by atoms with van der Waals surface area (Å²) in [6.45, 7) is 3.06. The molecule has 1 aromatic rings. The molecule has 1 aromatic heterocycles. The highest BCUT2D eigenvalue weighted by Gasteiger charge is 2.26. The third kappa shape index (κ3) is 5.72. The number of carboxylic acid groups (broad SMARTS) is 1. The van der Waals surface area contributed by atoms with Crippen LogP contribution in [0.2, 0.25) is 0 Å². The third-order valence-corrected chi connectivity index (χ3v) is 4.12. The lowest BCUT2D eigenvalue weighted by molar-refractivity contribution is -0.142. The summed E-state index contributed by atoms with van der Waals surface area (Å²) in [6, 6.07) is 3.47. The van der Waals surface area contributed by atoms with Crippen LogP contribution in [0.15, 0.2) is 18.3 Å². The van der Waals surface area contributed by atoms with Crippen LogP contribution in [-0.4, -0.2) is 34.7 Å². The van der Waals surface area contributed by atoms with Gasteiger partial charge in [0.05, 0.1) is 12.5 Å². The zero-order chi connectivity index (χ0) is 17.4. The van der Waals surface area contributed by atoms with E-state index in [1.807, 2.05) is 13.0 Å². The SMILES string of the molecule is CCCOc1ccc(CNC(=O)NC2CCC(C(=O)O)CC2)cn1. The zero-order valence-electron chi connectivity index (χ0n) is 14.0. The van der Waals surface area contributed by atoms with E-state index < -0.39 is 5.97 Å². The fourth-order valence-electron chi connectivity index (χ4n) is 2.71. The zero-order valence-corrected chi connectivity index (χ0v) is 14.0. The average Bonchev–Trinajstić information content (AvgIpc) is 2.59. The Hall–Kier alpha value is -2.31. The minimum atomic E-state index is -0.739. The fourth-order valence-corrected chi connectivity index (χ4v) is 2.71. The Morgan fingerprint density at radius 3 is 2.62 bits per heavy atom. The molecule has 1 aliphatic rings. The number of hydrogen-bond acceptors (Lipinski definition) is 4. The van der Waals surface area contributed by atoms with Crippen LogP contribution in [-0.2, 0) is 11.3 Å². The first-order valence-corrected chi connectivity index (χ1v) is 8.43. The van der Waals surface area contributed by atoms with Crippen LogP contribution >= 0.6 is 0 Å². The normalized spacial score (nSPS) is 20.2. The highest BCUT2D eigenvalue weighted by atomic mass is 16.5. The van der Waals surface area contributed by atoms with E-state index in [1.165, 1.54) is 0 Å². The van der Waals surface area contributed by atoms with Gasteiger partial charge >= 0.3 is 12.0 Å². The van der Waals surface area contributed by atoms with Gasteiger partial charge in [-0.25, -0.2) is 9.78 Å². The van der Waals surface area contributed by atoms with Gasteiger partial charge in [0.1, 0.15) is 0 Å². The quantitative estimate of drug-likeness (QED) is 0.710. The largest absolute Gasteiger partial charge is 0.481 e. The first-order valence-electron chi connectivity index (χ1n) is 8.43. The number of carbonyl (C=O) groups excluding carboxylic acids is 1. The molecule has 0 aromatic carbocycles. The smallest absolute Gasteiger partial charge is 0.315 e. The molecular weight excluding hydrogens is 310 g/mol. The van der Waals surface area contributed by atoms with Crippen molar-refractivity contribution in [1.29, 1.82) is 0 Å². The molecule has 7 heteroatoms. The third-order valence-electron chi connectivity index (χ3n) is 4.12. The minimum Gasteiger partial charge on any atom is -0.481 e. The molecule has 0 spiro atoms. The van der Waals surface area contributed by atoms with Gasteiger partial charge in [-0.3, -0.25) is 4.79 Å². The number of carbonyl (C=O) groups is 2. The van der Waals surface area contributed by atoms with Crippen molar-refractivity contribution < 1.29 is 19.4 Å². The highest BCUT2D eigenvalue weighted by molar-refractivity contribution is 5.74. The van der Waals surface area contributed by atoms with Gasteiger partial charge in [0.2, 0.25) is 5.88 Å². The lowest BCUT2D eigenvalue weighted by Gasteiger charge is -2.26. The van der Waals surface area contributed by atoms with Gasteiger partial charge in [0, 0.05) is 24.8 Å². The molecule has 2 rings (SSSR count). The number of hydrogen-bond donors (Lipinski definition) is 3. The fraction of sp³-hybridized carbons (Fsp3) is 0.588. The van der Waals surface area contributed by atoms with Gasteiger partial charge in [-0.15, -0.1) is 0 Å². The summed E-state index contributed by atoms with van der Waals surface area (Å²) in [7, 11) is 0. The minimum absolute atomic E-state index is 0.0449. The second-order valence-corrected chi connectivity index (χ2v) is 6.07. The summed E-state index contributed by atoms with van der Waals surface area (Å²) in [5, 5.41) is 14.7. The van der Waals surface area contributed by atoms with Crippen LogP contribution in [0.3, 0.4) is 0 Å². The molecule has 1 fully saturated rings. The van der Waals surface area contributed by atoms with E-state index in [-0.39, 0.29) is 18.0 Å². The molecule has 0 unspecified atom stereocenters. The van der Waals surface area contributed by atoms with Crippen LogP contribution in [0.1, 0.15) is 44.6 Å². The molecule has 132 valence electrons. The lowest BCUT2D eigenvalue weighted by atomic mass is 9.86. The number of aromatic nitrogens is 1. The van der Waals surface area contributed by atoms with Crippen LogP contribution in [0.25, 0.3) is 0 Å². The van der Waals surface area contributed by atoms with E-state index in [4.69, 9.17) is 9.84 Å². The van der Waals surface area contributed by atoms with Gasteiger partial charge < -0.3 is 20.5 Å². The van der Waals surface area contributed by atoms with Crippen molar-refractivity contribution in [3.8, 4) is 5.88 Å². The van der Waals surface area contributed by atoms with E-state index in [2.05, 4.69) is 15.6 Å². The number of carboxylic acids is 1. The Morgan fingerprint density at radius 1 is 1.29 bits per heavy atom. The van der Waals surface area contributed by atoms with Crippen LogP contribution in [0, 0.1) is 5.92 Å². The van der Waals surface area contributed by atoms with E-state index in [0.717, 1.165) is 12.0 Å². The molecule has 0 saturated heterocycles. The number of nitrogens with zero attached hydrogens (tertiary/aromatic N) is 1. The Balaban J connectivity index is 1.69. The average molecular weight is 335 g/mol.